The highest BCUT2D eigenvalue weighted by Crippen LogP contribution is 2.01. The molecule has 0 aliphatic heterocycles. The van der Waals surface area contributed by atoms with Crippen LogP contribution in [-0.2, 0) is 4.79 Å². The van der Waals surface area contributed by atoms with Gasteiger partial charge in [-0.2, -0.15) is 0 Å². The number of hydrogen-bond acceptors (Lipinski definition) is 2. The molecular formula is C23H39NO2. The lowest BCUT2D eigenvalue weighted by Crippen LogP contribution is -2.24. The number of rotatable bonds is 17. The fourth-order valence-corrected chi connectivity index (χ4v) is 2.34. The zero-order valence-electron chi connectivity index (χ0n) is 16.7. The first-order chi connectivity index (χ1) is 12.8. The molecule has 0 aliphatic rings. The number of unbranched alkanes of at least 4 members (excludes halogenated alkanes) is 4. The molecule has 3 heteroatoms. The Kier molecular flexibility index (Phi) is 20.1. The van der Waals surface area contributed by atoms with E-state index in [9.17, 15) is 4.79 Å². The van der Waals surface area contributed by atoms with Gasteiger partial charge in [-0.3, -0.25) is 4.79 Å². The van der Waals surface area contributed by atoms with E-state index >= 15 is 0 Å². The summed E-state index contributed by atoms with van der Waals surface area (Å²) in [6.45, 7) is 2.93. The quantitative estimate of drug-likeness (QED) is 0.260. The lowest BCUT2D eigenvalue weighted by Gasteiger charge is -2.02. The summed E-state index contributed by atoms with van der Waals surface area (Å²) >= 11 is 0. The van der Waals surface area contributed by atoms with Gasteiger partial charge in [0.25, 0.3) is 0 Å². The molecule has 0 radical (unpaired) electrons. The number of aliphatic hydroxyl groups is 1. The van der Waals surface area contributed by atoms with Crippen molar-refractivity contribution in [2.24, 2.45) is 0 Å². The molecule has 0 fully saturated rings. The molecule has 0 aromatic heterocycles. The van der Waals surface area contributed by atoms with E-state index in [0.717, 1.165) is 32.1 Å². The van der Waals surface area contributed by atoms with Crippen LogP contribution in [0.3, 0.4) is 0 Å². The summed E-state index contributed by atoms with van der Waals surface area (Å²) in [5.41, 5.74) is 0. The van der Waals surface area contributed by atoms with Gasteiger partial charge in [0.05, 0.1) is 0 Å². The van der Waals surface area contributed by atoms with Crippen LogP contribution in [-0.4, -0.2) is 24.2 Å². The number of carbonyl (C=O) groups is 1. The first-order valence-electron chi connectivity index (χ1n) is 10.3. The Hall–Kier alpha value is -1.61. The van der Waals surface area contributed by atoms with Gasteiger partial charge in [-0.15, -0.1) is 0 Å². The van der Waals surface area contributed by atoms with Crippen LogP contribution in [0.5, 0.6) is 0 Å². The minimum absolute atomic E-state index is 0.0781. The van der Waals surface area contributed by atoms with E-state index in [1.165, 1.54) is 25.7 Å². The van der Waals surface area contributed by atoms with Crippen LogP contribution in [0.15, 0.2) is 48.6 Å². The third kappa shape index (κ3) is 20.4. The number of amides is 1. The van der Waals surface area contributed by atoms with Crippen molar-refractivity contribution in [2.45, 2.75) is 77.6 Å². The van der Waals surface area contributed by atoms with E-state index in [2.05, 4.69) is 60.8 Å². The van der Waals surface area contributed by atoms with Gasteiger partial charge < -0.3 is 10.4 Å². The second kappa shape index (κ2) is 21.4. The predicted molar refractivity (Wildman–Crippen MR) is 113 cm³/mol. The largest absolute Gasteiger partial charge is 0.396 e. The van der Waals surface area contributed by atoms with Crippen LogP contribution in [0, 0.1) is 0 Å². The third-order valence-electron chi connectivity index (χ3n) is 3.89. The summed E-state index contributed by atoms with van der Waals surface area (Å²) < 4.78 is 0. The summed E-state index contributed by atoms with van der Waals surface area (Å²) in [6.07, 6.45) is 28.8. The maximum Gasteiger partial charge on any atom is 0.220 e. The molecule has 2 N–H and O–H groups in total. The Morgan fingerprint density at radius 1 is 0.769 bits per heavy atom. The SMILES string of the molecule is CCCCCC=CCC=CCC=CCC=CCCCC(=O)NCCCO. The van der Waals surface area contributed by atoms with Crippen LogP contribution >= 0.6 is 0 Å². The summed E-state index contributed by atoms with van der Waals surface area (Å²) in [5, 5.41) is 11.4. The van der Waals surface area contributed by atoms with Crippen LogP contribution in [0.4, 0.5) is 0 Å². The third-order valence-corrected chi connectivity index (χ3v) is 3.89. The molecule has 26 heavy (non-hydrogen) atoms. The first kappa shape index (κ1) is 24.4. The Morgan fingerprint density at radius 2 is 1.31 bits per heavy atom. The molecule has 148 valence electrons. The number of carbonyl (C=O) groups excluding carboxylic acids is 1. The Labute approximate surface area is 161 Å². The number of hydrogen-bond donors (Lipinski definition) is 2. The van der Waals surface area contributed by atoms with Crippen molar-refractivity contribution >= 4 is 5.91 Å². The number of allylic oxidation sites excluding steroid dienone is 8. The molecule has 0 aliphatic carbocycles. The van der Waals surface area contributed by atoms with Gasteiger partial charge in [-0.1, -0.05) is 68.4 Å². The minimum atomic E-state index is 0.0781. The molecule has 0 unspecified atom stereocenters. The molecule has 0 rings (SSSR count). The number of nitrogens with one attached hydrogen (secondary N) is 1. The molecular weight excluding hydrogens is 322 g/mol. The molecule has 0 saturated heterocycles. The van der Waals surface area contributed by atoms with Crippen LogP contribution in [0.25, 0.3) is 0 Å². The van der Waals surface area contributed by atoms with Crippen LogP contribution < -0.4 is 5.32 Å². The summed E-state index contributed by atoms with van der Waals surface area (Å²) in [4.78, 5) is 11.4. The Bertz CT molecular complexity index is 422. The van der Waals surface area contributed by atoms with Crippen molar-refractivity contribution in [2.75, 3.05) is 13.2 Å². The monoisotopic (exact) mass is 361 g/mol. The van der Waals surface area contributed by atoms with E-state index in [4.69, 9.17) is 5.11 Å². The minimum Gasteiger partial charge on any atom is -0.396 e. The van der Waals surface area contributed by atoms with Crippen molar-refractivity contribution in [3.05, 3.63) is 48.6 Å². The van der Waals surface area contributed by atoms with Crippen molar-refractivity contribution < 1.29 is 9.90 Å². The lowest BCUT2D eigenvalue weighted by molar-refractivity contribution is -0.121. The Morgan fingerprint density at radius 3 is 1.85 bits per heavy atom. The highest BCUT2D eigenvalue weighted by atomic mass is 16.3. The molecule has 0 aromatic rings. The highest BCUT2D eigenvalue weighted by molar-refractivity contribution is 5.75. The van der Waals surface area contributed by atoms with Gasteiger partial charge >= 0.3 is 0 Å². The van der Waals surface area contributed by atoms with Crippen molar-refractivity contribution in [3.63, 3.8) is 0 Å². The molecule has 1 amide bonds. The van der Waals surface area contributed by atoms with Crippen LogP contribution in [0.1, 0.15) is 77.6 Å². The summed E-state index contributed by atoms with van der Waals surface area (Å²) in [5.74, 6) is 0.0781. The summed E-state index contributed by atoms with van der Waals surface area (Å²) in [7, 11) is 0. The fraction of sp³-hybridized carbons (Fsp3) is 0.609. The van der Waals surface area contributed by atoms with Gasteiger partial charge in [-0.25, -0.2) is 0 Å². The van der Waals surface area contributed by atoms with E-state index in [0.29, 0.717) is 19.4 Å². The average molecular weight is 362 g/mol. The van der Waals surface area contributed by atoms with E-state index < -0.39 is 0 Å². The second-order valence-corrected chi connectivity index (χ2v) is 6.41. The van der Waals surface area contributed by atoms with E-state index in [-0.39, 0.29) is 12.5 Å². The molecule has 0 aromatic carbocycles. The topological polar surface area (TPSA) is 49.3 Å². The van der Waals surface area contributed by atoms with Gasteiger partial charge in [-0.05, 0) is 51.4 Å². The van der Waals surface area contributed by atoms with Crippen LogP contribution in [0.2, 0.25) is 0 Å². The predicted octanol–water partition coefficient (Wildman–Crippen LogP) is 5.63. The standard InChI is InChI=1S/C23H39NO2/c1-2-3-4-5-6-7-8-9-10-11-12-13-14-15-16-17-18-20-23(26)24-21-19-22-25/h6-7,9-10,12-13,15-16,25H,2-5,8,11,14,17-22H2,1H3,(H,24,26). The van der Waals surface area contributed by atoms with Gasteiger partial charge in [0.15, 0.2) is 0 Å². The average Bonchev–Trinajstić information content (AvgIpc) is 2.64. The summed E-state index contributed by atoms with van der Waals surface area (Å²) in [6, 6.07) is 0. The van der Waals surface area contributed by atoms with Crippen molar-refractivity contribution in [1.82, 2.24) is 5.32 Å². The molecule has 0 bridgehead atoms. The molecule has 0 saturated carbocycles. The van der Waals surface area contributed by atoms with Gasteiger partial charge in [0.2, 0.25) is 5.91 Å². The normalized spacial score (nSPS) is 12.2. The smallest absolute Gasteiger partial charge is 0.220 e. The zero-order valence-corrected chi connectivity index (χ0v) is 16.7. The molecule has 0 heterocycles. The number of aliphatic hydroxyl groups excluding tert-OH is 1. The molecule has 3 nitrogen and oxygen atoms in total. The second-order valence-electron chi connectivity index (χ2n) is 6.41. The zero-order chi connectivity index (χ0) is 19.1. The van der Waals surface area contributed by atoms with E-state index in [1.807, 2.05) is 0 Å². The first-order valence-corrected chi connectivity index (χ1v) is 10.3. The maximum absolute atomic E-state index is 11.4. The lowest BCUT2D eigenvalue weighted by atomic mass is 10.2. The molecule has 0 spiro atoms. The maximum atomic E-state index is 11.4. The fourth-order valence-electron chi connectivity index (χ4n) is 2.34. The van der Waals surface area contributed by atoms with E-state index in [1.54, 1.807) is 0 Å². The van der Waals surface area contributed by atoms with Crippen molar-refractivity contribution in [3.8, 4) is 0 Å². The Balaban J connectivity index is 3.44. The molecule has 0 atom stereocenters. The van der Waals surface area contributed by atoms with Crippen molar-refractivity contribution in [1.29, 1.82) is 0 Å². The van der Waals surface area contributed by atoms with Gasteiger partial charge in [0.1, 0.15) is 0 Å². The highest BCUT2D eigenvalue weighted by Gasteiger charge is 1.98. The van der Waals surface area contributed by atoms with Gasteiger partial charge in [0, 0.05) is 19.6 Å².